The lowest BCUT2D eigenvalue weighted by molar-refractivity contribution is -0.0259. The number of phenols is 1. The van der Waals surface area contributed by atoms with E-state index < -0.39 is 31.5 Å². The van der Waals surface area contributed by atoms with E-state index in [9.17, 15) is 23.1 Å². The van der Waals surface area contributed by atoms with Gasteiger partial charge in [-0.05, 0) is 26.0 Å². The summed E-state index contributed by atoms with van der Waals surface area (Å²) in [6.07, 6.45) is 0. The fourth-order valence-electron chi connectivity index (χ4n) is 2.49. The van der Waals surface area contributed by atoms with Crippen LogP contribution in [0.1, 0.15) is 13.8 Å². The molecule has 0 aliphatic heterocycles. The van der Waals surface area contributed by atoms with E-state index in [2.05, 4.69) is 15.5 Å². The molecule has 0 bridgehead atoms. The molecule has 2 aromatic rings. The molecule has 0 aromatic heterocycles. The van der Waals surface area contributed by atoms with Gasteiger partial charge in [0.05, 0.1) is 24.4 Å². The molecule has 1 atom stereocenters. The van der Waals surface area contributed by atoms with Gasteiger partial charge in [-0.15, -0.1) is 0 Å². The molecule has 3 N–H and O–H groups in total. The van der Waals surface area contributed by atoms with Crippen LogP contribution in [0.25, 0.3) is 0 Å². The number of hydrogen-bond donors (Lipinski definition) is 3. The highest BCUT2D eigenvalue weighted by Crippen LogP contribution is 2.39. The van der Waals surface area contributed by atoms with Gasteiger partial charge >= 0.3 is 0 Å². The highest BCUT2D eigenvalue weighted by Gasteiger charge is 2.30. The Bertz CT molecular complexity index is 1060. The van der Waals surface area contributed by atoms with Crippen molar-refractivity contribution in [1.29, 1.82) is 0 Å². The number of anilines is 3. The minimum absolute atomic E-state index is 0.0231. The summed E-state index contributed by atoms with van der Waals surface area (Å²) < 4.78 is 30.8. The molecule has 29 heavy (non-hydrogen) atoms. The first kappa shape index (κ1) is 23.1. The van der Waals surface area contributed by atoms with Gasteiger partial charge < -0.3 is 20.5 Å². The molecule has 0 radical (unpaired) electrons. The van der Waals surface area contributed by atoms with Crippen LogP contribution < -0.4 is 21.5 Å². The molecule has 0 fully saturated rings. The van der Waals surface area contributed by atoms with Crippen LogP contribution in [0.4, 0.5) is 17.1 Å². The maximum Gasteiger partial charge on any atom is 0.269 e. The van der Waals surface area contributed by atoms with Crippen LogP contribution in [-0.4, -0.2) is 51.4 Å². The predicted octanol–water partition coefficient (Wildman–Crippen LogP) is 1.40. The summed E-state index contributed by atoms with van der Waals surface area (Å²) >= 11 is 5.96. The van der Waals surface area contributed by atoms with Crippen molar-refractivity contribution in [3.05, 3.63) is 37.6 Å². The van der Waals surface area contributed by atoms with Crippen LogP contribution >= 0.6 is 11.6 Å². The van der Waals surface area contributed by atoms with Gasteiger partial charge in [0, 0.05) is 19.7 Å². The van der Waals surface area contributed by atoms with Crippen LogP contribution in [0, 0.1) is 0 Å². The second kappa shape index (κ2) is 9.09. The zero-order valence-electron chi connectivity index (χ0n) is 16.3. The van der Waals surface area contributed by atoms with Crippen LogP contribution in [0.3, 0.4) is 0 Å². The summed E-state index contributed by atoms with van der Waals surface area (Å²) in [7, 11) is -2.01. The maximum absolute atomic E-state index is 12.5. The van der Waals surface area contributed by atoms with E-state index >= 15 is 0 Å². The zero-order valence-corrected chi connectivity index (χ0v) is 17.8. The summed E-state index contributed by atoms with van der Waals surface area (Å²) in [5.41, 5.74) is -1.72. The van der Waals surface area contributed by atoms with Crippen LogP contribution in [0.2, 0.25) is 5.02 Å². The summed E-state index contributed by atoms with van der Waals surface area (Å²) in [5, 5.41) is 15.7. The number of nitrogens with one attached hydrogen (secondary N) is 2. The van der Waals surface area contributed by atoms with Crippen molar-refractivity contribution in [2.75, 3.05) is 38.0 Å². The smallest absolute Gasteiger partial charge is 0.269 e. The lowest BCUT2D eigenvalue weighted by Crippen LogP contribution is -2.39. The number of ether oxygens (including phenoxy) is 1. The van der Waals surface area contributed by atoms with Gasteiger partial charge in [-0.1, -0.05) is 16.1 Å². The fourth-order valence-corrected chi connectivity index (χ4v) is 4.05. The highest BCUT2D eigenvalue weighted by atomic mass is 35.5. The first-order chi connectivity index (χ1) is 13.6. The number of halogens is 1. The molecule has 2 rings (SSSR count). The largest absolute Gasteiger partial charge is 0.504 e. The Morgan fingerprint density at radius 1 is 1.24 bits per heavy atom. The second-order valence-electron chi connectivity index (χ2n) is 6.11. The van der Waals surface area contributed by atoms with Crippen molar-refractivity contribution < 1.29 is 23.1 Å². The third kappa shape index (κ3) is 4.54. The molecule has 0 amide bonds. The van der Waals surface area contributed by atoms with Crippen molar-refractivity contribution in [2.45, 2.75) is 24.8 Å². The Morgan fingerprint density at radius 2 is 1.86 bits per heavy atom. The Balaban J connectivity index is 2.40. The molecule has 0 saturated carbocycles. The Kier molecular flexibility index (Phi) is 7.25. The van der Waals surface area contributed by atoms with Crippen molar-refractivity contribution in [1.82, 2.24) is 4.47 Å². The van der Waals surface area contributed by atoms with Gasteiger partial charge in [-0.25, -0.2) is 8.42 Å². The summed E-state index contributed by atoms with van der Waals surface area (Å²) in [6.45, 7) is 4.40. The summed E-state index contributed by atoms with van der Waals surface area (Å²) in [5.74, 6) is -0.720. The molecule has 0 saturated heterocycles. The van der Waals surface area contributed by atoms with E-state index in [1.807, 2.05) is 6.92 Å². The number of rotatable bonds is 10. The number of hydrogen-bond acceptors (Lipinski definition) is 9. The monoisotopic (exact) mass is 447 g/mol. The van der Waals surface area contributed by atoms with E-state index in [0.29, 0.717) is 17.7 Å². The molecule has 10 nitrogen and oxygen atoms in total. The quantitative estimate of drug-likeness (QED) is 0.280. The first-order valence-electron chi connectivity index (χ1n) is 8.55. The van der Waals surface area contributed by atoms with Crippen molar-refractivity contribution >= 4 is 38.7 Å². The number of nitrogens with zero attached hydrogens (tertiary/aromatic N) is 1. The molecule has 2 aromatic carbocycles. The Hall–Kier alpha value is -2.18. The van der Waals surface area contributed by atoms with E-state index in [4.69, 9.17) is 16.3 Å². The maximum atomic E-state index is 12.5. The number of phenolic OH excluding ortho intramolecular Hbond substituents is 1. The molecular weight excluding hydrogens is 426 g/mol. The third-order valence-electron chi connectivity index (χ3n) is 4.07. The van der Waals surface area contributed by atoms with Gasteiger partial charge in [0.15, 0.2) is 5.75 Å². The number of hydroxylamine groups is 1. The molecule has 160 valence electrons. The number of sulfonamides is 1. The number of aromatic hydroxyl groups is 1. The van der Waals surface area contributed by atoms with Crippen LogP contribution in [-0.2, 0) is 19.6 Å². The minimum Gasteiger partial charge on any atom is -0.504 e. The van der Waals surface area contributed by atoms with Crippen molar-refractivity contribution in [3.63, 3.8) is 0 Å². The average molecular weight is 448 g/mol. The second-order valence-corrected chi connectivity index (χ2v) is 8.39. The normalized spacial score (nSPS) is 13.0. The number of benzene rings is 1. The SMILES string of the molecule is CCOCC(C)Nc1c(Nc2ccc(Cl)c(S(=O)(=O)N(C)OC)c2O)c(=O)c1=O. The van der Waals surface area contributed by atoms with Gasteiger partial charge in [0.2, 0.25) is 0 Å². The average Bonchev–Trinajstić information content (AvgIpc) is 2.69. The molecule has 12 heteroatoms. The Labute approximate surface area is 172 Å². The Morgan fingerprint density at radius 3 is 2.45 bits per heavy atom. The summed E-state index contributed by atoms with van der Waals surface area (Å²) in [6, 6.07) is 2.26. The van der Waals surface area contributed by atoms with E-state index in [1.165, 1.54) is 12.1 Å². The molecular formula is C17H22ClN3O7S. The van der Waals surface area contributed by atoms with E-state index in [1.54, 1.807) is 6.92 Å². The van der Waals surface area contributed by atoms with Gasteiger partial charge in [0.25, 0.3) is 20.9 Å². The van der Waals surface area contributed by atoms with E-state index in [0.717, 1.165) is 14.2 Å². The third-order valence-corrected chi connectivity index (χ3v) is 6.25. The molecule has 1 unspecified atom stereocenters. The topological polar surface area (TPSA) is 134 Å². The van der Waals surface area contributed by atoms with Gasteiger partial charge in [0.1, 0.15) is 16.3 Å². The molecule has 0 spiro atoms. The standard InChI is InChI=1S/C17H22ClN3O7S/c1-5-28-8-9(2)19-12-13(16(24)15(12)23)20-11-7-6-10(18)17(14(11)22)29(25,26)21(3)27-4/h6-7,9,19-20,22H,5,8H2,1-4H3. The predicted molar refractivity (Wildman–Crippen MR) is 109 cm³/mol. The molecule has 0 aliphatic rings. The highest BCUT2D eigenvalue weighted by molar-refractivity contribution is 7.89. The van der Waals surface area contributed by atoms with Crippen molar-refractivity contribution in [3.8, 4) is 5.75 Å². The minimum atomic E-state index is -4.28. The van der Waals surface area contributed by atoms with Crippen LogP contribution in [0.15, 0.2) is 26.6 Å². The molecule has 0 aliphatic carbocycles. The lowest BCUT2D eigenvalue weighted by Gasteiger charge is -2.21. The summed E-state index contributed by atoms with van der Waals surface area (Å²) in [4.78, 5) is 28.0. The van der Waals surface area contributed by atoms with Gasteiger partial charge in [-0.3, -0.25) is 14.4 Å². The lowest BCUT2D eigenvalue weighted by atomic mass is 10.1. The molecule has 0 heterocycles. The zero-order chi connectivity index (χ0) is 21.9. The van der Waals surface area contributed by atoms with Crippen molar-refractivity contribution in [2.24, 2.45) is 0 Å². The van der Waals surface area contributed by atoms with E-state index in [-0.39, 0.29) is 28.1 Å². The van der Waals surface area contributed by atoms with Gasteiger partial charge in [-0.2, -0.15) is 0 Å². The fraction of sp³-hybridized carbons (Fsp3) is 0.412. The first-order valence-corrected chi connectivity index (χ1v) is 10.4. The van der Waals surface area contributed by atoms with Crippen LogP contribution in [0.5, 0.6) is 5.75 Å².